The van der Waals surface area contributed by atoms with Crippen molar-refractivity contribution in [3.63, 3.8) is 0 Å². The maximum absolute atomic E-state index is 12.0. The van der Waals surface area contributed by atoms with E-state index in [-0.39, 0.29) is 24.2 Å². The summed E-state index contributed by atoms with van der Waals surface area (Å²) in [6, 6.07) is 2.65. The molecule has 1 atom stereocenters. The van der Waals surface area contributed by atoms with Gasteiger partial charge in [-0.25, -0.2) is 4.98 Å². The Bertz CT molecular complexity index is 491. The summed E-state index contributed by atoms with van der Waals surface area (Å²) >= 11 is 0. The summed E-state index contributed by atoms with van der Waals surface area (Å²) in [4.78, 5) is 15.6. The van der Waals surface area contributed by atoms with E-state index in [1.807, 2.05) is 0 Å². The number of nitrogens with one attached hydrogen (secondary N) is 2. The SMILES string of the molecule is Cl.O=C(NCCC1CCNC1)c1ccc(OCC(F)(F)F)nc1. The number of carbonyl (C=O) groups is 1. The van der Waals surface area contributed by atoms with Gasteiger partial charge in [-0.05, 0) is 37.9 Å². The van der Waals surface area contributed by atoms with E-state index < -0.39 is 12.8 Å². The first-order chi connectivity index (χ1) is 10.4. The number of nitrogens with zero attached hydrogens (tertiary/aromatic N) is 1. The number of carbonyl (C=O) groups excluding carboxylic acids is 1. The quantitative estimate of drug-likeness (QED) is 0.823. The molecule has 1 fully saturated rings. The van der Waals surface area contributed by atoms with Crippen LogP contribution in [0.5, 0.6) is 5.88 Å². The van der Waals surface area contributed by atoms with Crippen LogP contribution in [0, 0.1) is 5.92 Å². The number of ether oxygens (including phenoxy) is 1. The van der Waals surface area contributed by atoms with Crippen LogP contribution in [0.2, 0.25) is 0 Å². The third-order valence-corrected chi connectivity index (χ3v) is 3.38. The summed E-state index contributed by atoms with van der Waals surface area (Å²) in [6.45, 7) is 1.16. The Hall–Kier alpha value is -1.54. The van der Waals surface area contributed by atoms with Crippen molar-refractivity contribution in [2.75, 3.05) is 26.2 Å². The maximum atomic E-state index is 12.0. The molecule has 130 valence electrons. The molecule has 5 nitrogen and oxygen atoms in total. The fraction of sp³-hybridized carbons (Fsp3) is 0.571. The van der Waals surface area contributed by atoms with Gasteiger partial charge in [-0.2, -0.15) is 13.2 Å². The van der Waals surface area contributed by atoms with Crippen molar-refractivity contribution in [1.82, 2.24) is 15.6 Å². The van der Waals surface area contributed by atoms with Crippen LogP contribution in [0.1, 0.15) is 23.2 Å². The number of halogens is 4. The van der Waals surface area contributed by atoms with E-state index in [1.54, 1.807) is 0 Å². The molecular weight excluding hydrogens is 335 g/mol. The number of hydrogen-bond acceptors (Lipinski definition) is 4. The minimum atomic E-state index is -4.41. The van der Waals surface area contributed by atoms with E-state index >= 15 is 0 Å². The Morgan fingerprint density at radius 3 is 2.78 bits per heavy atom. The molecule has 2 N–H and O–H groups in total. The van der Waals surface area contributed by atoms with Gasteiger partial charge in [-0.1, -0.05) is 0 Å². The van der Waals surface area contributed by atoms with E-state index in [0.717, 1.165) is 25.9 Å². The van der Waals surface area contributed by atoms with Gasteiger partial charge in [0.2, 0.25) is 5.88 Å². The monoisotopic (exact) mass is 353 g/mol. The topological polar surface area (TPSA) is 63.2 Å². The zero-order valence-corrected chi connectivity index (χ0v) is 13.2. The number of amides is 1. The first kappa shape index (κ1) is 19.5. The molecule has 0 saturated carbocycles. The van der Waals surface area contributed by atoms with Gasteiger partial charge in [0.1, 0.15) is 0 Å². The molecule has 0 bridgehead atoms. The molecule has 1 aromatic rings. The van der Waals surface area contributed by atoms with Gasteiger partial charge in [0.25, 0.3) is 5.91 Å². The number of alkyl halides is 3. The Morgan fingerprint density at radius 2 is 2.22 bits per heavy atom. The zero-order chi connectivity index (χ0) is 16.0. The second-order valence-electron chi connectivity index (χ2n) is 5.19. The van der Waals surface area contributed by atoms with Crippen molar-refractivity contribution < 1.29 is 22.7 Å². The molecule has 1 amide bonds. The number of hydrogen-bond donors (Lipinski definition) is 2. The van der Waals surface area contributed by atoms with Gasteiger partial charge in [-0.15, -0.1) is 12.4 Å². The predicted octanol–water partition coefficient (Wildman–Crippen LogP) is 2.17. The first-order valence-electron chi connectivity index (χ1n) is 7.08. The number of pyridine rings is 1. The molecule has 1 aliphatic rings. The lowest BCUT2D eigenvalue weighted by Crippen LogP contribution is -2.26. The summed E-state index contributed by atoms with van der Waals surface area (Å²) < 4.78 is 40.5. The summed E-state index contributed by atoms with van der Waals surface area (Å²) in [5.41, 5.74) is 0.295. The van der Waals surface area contributed by atoms with Crippen molar-refractivity contribution in [3.8, 4) is 5.88 Å². The average Bonchev–Trinajstić information content (AvgIpc) is 2.98. The number of rotatable bonds is 6. The van der Waals surface area contributed by atoms with Crippen LogP contribution >= 0.6 is 12.4 Å². The highest BCUT2D eigenvalue weighted by Gasteiger charge is 2.28. The van der Waals surface area contributed by atoms with E-state index in [2.05, 4.69) is 20.4 Å². The summed E-state index contributed by atoms with van der Waals surface area (Å²) in [5, 5.41) is 6.03. The second kappa shape index (κ2) is 8.93. The largest absolute Gasteiger partial charge is 0.468 e. The normalized spacial score (nSPS) is 17.4. The maximum Gasteiger partial charge on any atom is 0.422 e. The van der Waals surface area contributed by atoms with Crippen LogP contribution in [0.15, 0.2) is 18.3 Å². The fourth-order valence-electron chi connectivity index (χ4n) is 2.21. The van der Waals surface area contributed by atoms with E-state index in [1.165, 1.54) is 18.3 Å². The first-order valence-corrected chi connectivity index (χ1v) is 7.08. The highest BCUT2D eigenvalue weighted by Crippen LogP contribution is 2.17. The summed E-state index contributed by atoms with van der Waals surface area (Å²) in [5.74, 6) is 0.128. The van der Waals surface area contributed by atoms with Crippen molar-refractivity contribution in [2.24, 2.45) is 5.92 Å². The Kier molecular flexibility index (Phi) is 7.57. The van der Waals surface area contributed by atoms with Crippen LogP contribution in [0.3, 0.4) is 0 Å². The van der Waals surface area contributed by atoms with Crippen molar-refractivity contribution >= 4 is 18.3 Å². The smallest absolute Gasteiger partial charge is 0.422 e. The minimum absolute atomic E-state index is 0. The Labute approximate surface area is 138 Å². The lowest BCUT2D eigenvalue weighted by Gasteiger charge is -2.10. The molecular formula is C14H19ClF3N3O2. The van der Waals surface area contributed by atoms with E-state index in [9.17, 15) is 18.0 Å². The molecule has 23 heavy (non-hydrogen) atoms. The lowest BCUT2D eigenvalue weighted by atomic mass is 10.1. The molecule has 0 aromatic carbocycles. The molecule has 1 aromatic heterocycles. The molecule has 0 aliphatic carbocycles. The van der Waals surface area contributed by atoms with Gasteiger partial charge in [0, 0.05) is 18.8 Å². The summed E-state index contributed by atoms with van der Waals surface area (Å²) in [7, 11) is 0. The Morgan fingerprint density at radius 1 is 1.43 bits per heavy atom. The molecule has 1 unspecified atom stereocenters. The third-order valence-electron chi connectivity index (χ3n) is 3.38. The average molecular weight is 354 g/mol. The van der Waals surface area contributed by atoms with Crippen molar-refractivity contribution in [3.05, 3.63) is 23.9 Å². The molecule has 1 aliphatic heterocycles. The van der Waals surface area contributed by atoms with Crippen LogP contribution < -0.4 is 15.4 Å². The van der Waals surface area contributed by atoms with Gasteiger partial charge in [0.15, 0.2) is 6.61 Å². The van der Waals surface area contributed by atoms with E-state index in [0.29, 0.717) is 18.0 Å². The minimum Gasteiger partial charge on any atom is -0.468 e. The summed E-state index contributed by atoms with van der Waals surface area (Å²) in [6.07, 6.45) is -1.19. The zero-order valence-electron chi connectivity index (χ0n) is 12.4. The van der Waals surface area contributed by atoms with Crippen LogP contribution in [0.4, 0.5) is 13.2 Å². The van der Waals surface area contributed by atoms with Gasteiger partial charge in [-0.3, -0.25) is 4.79 Å². The predicted molar refractivity (Wildman–Crippen MR) is 81.0 cm³/mol. The van der Waals surface area contributed by atoms with Crippen LogP contribution in [-0.2, 0) is 0 Å². The van der Waals surface area contributed by atoms with Crippen LogP contribution in [0.25, 0.3) is 0 Å². The van der Waals surface area contributed by atoms with Gasteiger partial charge >= 0.3 is 6.18 Å². The molecule has 0 radical (unpaired) electrons. The molecule has 1 saturated heterocycles. The highest BCUT2D eigenvalue weighted by molar-refractivity contribution is 5.93. The molecule has 9 heteroatoms. The second-order valence-corrected chi connectivity index (χ2v) is 5.19. The molecule has 2 heterocycles. The molecule has 2 rings (SSSR count). The van der Waals surface area contributed by atoms with Crippen LogP contribution in [-0.4, -0.2) is 43.3 Å². The van der Waals surface area contributed by atoms with Gasteiger partial charge < -0.3 is 15.4 Å². The van der Waals surface area contributed by atoms with E-state index in [4.69, 9.17) is 0 Å². The fourth-order valence-corrected chi connectivity index (χ4v) is 2.21. The molecule has 0 spiro atoms. The van der Waals surface area contributed by atoms with Crippen molar-refractivity contribution in [1.29, 1.82) is 0 Å². The Balaban J connectivity index is 0.00000264. The lowest BCUT2D eigenvalue weighted by molar-refractivity contribution is -0.154. The van der Waals surface area contributed by atoms with Gasteiger partial charge in [0.05, 0.1) is 5.56 Å². The standard InChI is InChI=1S/C14H18F3N3O2.ClH/c15-14(16,17)9-22-12-2-1-11(8-20-12)13(21)19-6-4-10-3-5-18-7-10;/h1-2,8,10,18H,3-7,9H2,(H,19,21);1H. The highest BCUT2D eigenvalue weighted by atomic mass is 35.5. The number of aromatic nitrogens is 1. The van der Waals surface area contributed by atoms with Crippen molar-refractivity contribution in [2.45, 2.75) is 19.0 Å². The third kappa shape index (κ3) is 7.04.